The lowest BCUT2D eigenvalue weighted by Gasteiger charge is -2.18. The quantitative estimate of drug-likeness (QED) is 0.405. The van der Waals surface area contributed by atoms with Crippen LogP contribution in [0.25, 0.3) is 0 Å². The molecule has 0 aromatic heterocycles. The molecule has 6 nitrogen and oxygen atoms in total. The molecular formula is C11H19N3O3. The first-order valence-electron chi connectivity index (χ1n) is 5.83. The highest BCUT2D eigenvalue weighted by atomic mass is 16.2. The number of hydrogen-bond donors (Lipinski definition) is 1. The van der Waals surface area contributed by atoms with Gasteiger partial charge in [0.1, 0.15) is 0 Å². The summed E-state index contributed by atoms with van der Waals surface area (Å²) in [7, 11) is 1.32. The molecule has 1 heterocycles. The van der Waals surface area contributed by atoms with Crippen molar-refractivity contribution in [2.75, 3.05) is 26.7 Å². The minimum atomic E-state index is -0.747. The summed E-state index contributed by atoms with van der Waals surface area (Å²) in [6.07, 6.45) is 1.04. The molecule has 1 aliphatic rings. The molecule has 4 amide bonds. The summed E-state index contributed by atoms with van der Waals surface area (Å²) < 4.78 is 0. The normalized spacial score (nSPS) is 18.2. The molecule has 96 valence electrons. The molecule has 0 aromatic carbocycles. The van der Waals surface area contributed by atoms with Gasteiger partial charge in [0.15, 0.2) is 0 Å². The van der Waals surface area contributed by atoms with Crippen LogP contribution in [0.5, 0.6) is 0 Å². The smallest absolute Gasteiger partial charge is 0.316 e. The Morgan fingerprint density at radius 3 is 2.35 bits per heavy atom. The Balaban J connectivity index is 2.48. The number of carbonyl (C=O) groups excluding carboxylic acids is 3. The average Bonchev–Trinajstić information content (AvgIpc) is 2.47. The molecule has 1 unspecified atom stereocenters. The maximum absolute atomic E-state index is 11.6. The largest absolute Gasteiger partial charge is 0.333 e. The Bertz CT molecular complexity index is 330. The van der Waals surface area contributed by atoms with E-state index in [1.54, 1.807) is 0 Å². The zero-order valence-corrected chi connectivity index (χ0v) is 10.5. The lowest BCUT2D eigenvalue weighted by Crippen LogP contribution is -2.38. The molecule has 1 aliphatic heterocycles. The van der Waals surface area contributed by atoms with Gasteiger partial charge in [0.05, 0.1) is 0 Å². The van der Waals surface area contributed by atoms with Gasteiger partial charge in [0, 0.05) is 13.6 Å². The van der Waals surface area contributed by atoms with E-state index in [0.29, 0.717) is 0 Å². The lowest BCUT2D eigenvalue weighted by molar-refractivity contribution is -0.143. The van der Waals surface area contributed by atoms with Crippen molar-refractivity contribution >= 4 is 17.8 Å². The second-order valence-electron chi connectivity index (χ2n) is 4.37. The number of nitrogens with zero attached hydrogens (tertiary/aromatic N) is 2. The first-order valence-corrected chi connectivity index (χ1v) is 5.83. The second-order valence-corrected chi connectivity index (χ2v) is 4.37. The van der Waals surface area contributed by atoms with Crippen molar-refractivity contribution in [1.29, 1.82) is 0 Å². The molecule has 1 atom stereocenters. The van der Waals surface area contributed by atoms with Crippen LogP contribution < -0.4 is 5.32 Å². The number of likely N-dealkylation sites (N-methyl/N-ethyl adjacent to an activating group) is 1. The topological polar surface area (TPSA) is 69.7 Å². The fraction of sp³-hybridized carbons (Fsp3) is 0.727. The van der Waals surface area contributed by atoms with Crippen molar-refractivity contribution < 1.29 is 14.4 Å². The first kappa shape index (κ1) is 13.6. The zero-order chi connectivity index (χ0) is 13.0. The standard InChI is InChI=1S/C11H19N3O3/c1-4-5-12-6-8(2)7-14-10(16)9(15)13(3)11(14)17/h8,12H,4-7H2,1-3H3. The molecule has 1 rings (SSSR count). The van der Waals surface area contributed by atoms with Crippen LogP contribution in [0, 0.1) is 5.92 Å². The number of carbonyl (C=O) groups is 3. The van der Waals surface area contributed by atoms with Crippen molar-refractivity contribution in [3.8, 4) is 0 Å². The minimum Gasteiger partial charge on any atom is -0.316 e. The fourth-order valence-corrected chi connectivity index (χ4v) is 1.68. The van der Waals surface area contributed by atoms with Gasteiger partial charge in [0.25, 0.3) is 0 Å². The van der Waals surface area contributed by atoms with Gasteiger partial charge in [-0.25, -0.2) is 4.79 Å². The second kappa shape index (κ2) is 5.77. The SMILES string of the molecule is CCCNCC(C)CN1C(=O)C(=O)N(C)C1=O. The number of rotatable bonds is 6. The van der Waals surface area contributed by atoms with Crippen molar-refractivity contribution in [2.45, 2.75) is 20.3 Å². The third-order valence-corrected chi connectivity index (χ3v) is 2.66. The van der Waals surface area contributed by atoms with E-state index in [0.717, 1.165) is 29.3 Å². The lowest BCUT2D eigenvalue weighted by atomic mass is 10.1. The Kier molecular flexibility index (Phi) is 4.62. The Hall–Kier alpha value is -1.43. The number of hydrogen-bond acceptors (Lipinski definition) is 4. The molecule has 0 aromatic rings. The van der Waals surface area contributed by atoms with Crippen molar-refractivity contribution in [1.82, 2.24) is 15.1 Å². The van der Waals surface area contributed by atoms with Crippen LogP contribution in [-0.4, -0.2) is 54.3 Å². The van der Waals surface area contributed by atoms with Crippen molar-refractivity contribution in [2.24, 2.45) is 5.92 Å². The minimum absolute atomic E-state index is 0.133. The molecule has 1 N–H and O–H groups in total. The highest BCUT2D eigenvalue weighted by Gasteiger charge is 2.42. The van der Waals surface area contributed by atoms with Crippen LogP contribution in [0.1, 0.15) is 20.3 Å². The van der Waals surface area contributed by atoms with Gasteiger partial charge >= 0.3 is 17.8 Å². The molecule has 0 radical (unpaired) electrons. The van der Waals surface area contributed by atoms with E-state index in [-0.39, 0.29) is 12.5 Å². The third-order valence-electron chi connectivity index (χ3n) is 2.66. The first-order chi connectivity index (χ1) is 7.99. The fourth-order valence-electron chi connectivity index (χ4n) is 1.68. The molecule has 1 saturated heterocycles. The maximum atomic E-state index is 11.6. The summed E-state index contributed by atoms with van der Waals surface area (Å²) >= 11 is 0. The summed E-state index contributed by atoms with van der Waals surface area (Å²) in [6, 6.07) is -0.526. The van der Waals surface area contributed by atoms with Crippen LogP contribution >= 0.6 is 0 Å². The summed E-state index contributed by atoms with van der Waals surface area (Å²) in [4.78, 5) is 36.2. The van der Waals surface area contributed by atoms with E-state index in [4.69, 9.17) is 0 Å². The van der Waals surface area contributed by atoms with Gasteiger partial charge in [0.2, 0.25) is 0 Å². The van der Waals surface area contributed by atoms with Gasteiger partial charge in [-0.2, -0.15) is 0 Å². The number of amides is 4. The van der Waals surface area contributed by atoms with E-state index < -0.39 is 17.8 Å². The molecule has 1 fully saturated rings. The molecule has 0 aliphatic carbocycles. The molecule has 0 bridgehead atoms. The van der Waals surface area contributed by atoms with E-state index in [2.05, 4.69) is 12.2 Å². The maximum Gasteiger partial charge on any atom is 0.333 e. The summed E-state index contributed by atoms with van der Waals surface area (Å²) in [6.45, 7) is 5.92. The molecule has 17 heavy (non-hydrogen) atoms. The number of nitrogens with one attached hydrogen (secondary N) is 1. The van der Waals surface area contributed by atoms with E-state index >= 15 is 0 Å². The summed E-state index contributed by atoms with van der Waals surface area (Å²) in [5.74, 6) is -1.34. The zero-order valence-electron chi connectivity index (χ0n) is 10.5. The average molecular weight is 241 g/mol. The van der Waals surface area contributed by atoms with Crippen LogP contribution in [0.15, 0.2) is 0 Å². The number of imide groups is 2. The van der Waals surface area contributed by atoms with E-state index in [1.807, 2.05) is 6.92 Å². The van der Waals surface area contributed by atoms with Crippen LogP contribution in [0.3, 0.4) is 0 Å². The van der Waals surface area contributed by atoms with Crippen LogP contribution in [-0.2, 0) is 9.59 Å². The third kappa shape index (κ3) is 3.03. The van der Waals surface area contributed by atoms with E-state index in [1.165, 1.54) is 7.05 Å². The van der Waals surface area contributed by atoms with Gasteiger partial charge in [-0.05, 0) is 25.4 Å². The van der Waals surface area contributed by atoms with Gasteiger partial charge in [-0.1, -0.05) is 13.8 Å². The van der Waals surface area contributed by atoms with Gasteiger partial charge in [-0.3, -0.25) is 19.4 Å². The summed E-state index contributed by atoms with van der Waals surface area (Å²) in [5, 5.41) is 3.21. The highest BCUT2D eigenvalue weighted by molar-refractivity contribution is 6.44. The van der Waals surface area contributed by atoms with Crippen LogP contribution in [0.2, 0.25) is 0 Å². The van der Waals surface area contributed by atoms with Crippen molar-refractivity contribution in [3.63, 3.8) is 0 Å². The molecule has 0 spiro atoms. The van der Waals surface area contributed by atoms with E-state index in [9.17, 15) is 14.4 Å². The van der Waals surface area contributed by atoms with Crippen LogP contribution in [0.4, 0.5) is 4.79 Å². The predicted octanol–water partition coefficient (Wildman–Crippen LogP) is 0.0427. The monoisotopic (exact) mass is 241 g/mol. The predicted molar refractivity (Wildman–Crippen MR) is 62.2 cm³/mol. The molecule has 0 saturated carbocycles. The Morgan fingerprint density at radius 1 is 1.24 bits per heavy atom. The highest BCUT2D eigenvalue weighted by Crippen LogP contribution is 2.11. The molecule has 6 heteroatoms. The molecular weight excluding hydrogens is 222 g/mol. The summed E-state index contributed by atoms with van der Waals surface area (Å²) in [5.41, 5.74) is 0. The Morgan fingerprint density at radius 2 is 1.88 bits per heavy atom. The number of urea groups is 1. The van der Waals surface area contributed by atoms with Gasteiger partial charge < -0.3 is 5.32 Å². The van der Waals surface area contributed by atoms with Gasteiger partial charge in [-0.15, -0.1) is 0 Å². The van der Waals surface area contributed by atoms with Crippen molar-refractivity contribution in [3.05, 3.63) is 0 Å². The Labute approximate surface area is 101 Å².